The van der Waals surface area contributed by atoms with Crippen LogP contribution in [-0.2, 0) is 9.53 Å². The number of carbonyl (C=O) groups is 1. The molecule has 0 fully saturated rings. The average molecular weight is 229 g/mol. The molecule has 0 radical (unpaired) electrons. The number of carbonyl (C=O) groups excluding carboxylic acids is 1. The summed E-state index contributed by atoms with van der Waals surface area (Å²) in [6, 6.07) is 0. The number of nitrogens with one attached hydrogen (secondary N) is 1. The minimum atomic E-state index is -4.43. The molecular formula is C8H14F3NO3. The molecule has 0 saturated heterocycles. The fourth-order valence-corrected chi connectivity index (χ4v) is 0.686. The lowest BCUT2D eigenvalue weighted by Gasteiger charge is -2.10. The molecule has 0 heterocycles. The van der Waals surface area contributed by atoms with Gasteiger partial charge in [-0.1, -0.05) is 6.92 Å². The zero-order valence-electron chi connectivity index (χ0n) is 8.30. The lowest BCUT2D eigenvalue weighted by atomic mass is 10.3. The molecule has 15 heavy (non-hydrogen) atoms. The molecule has 0 aliphatic carbocycles. The fourth-order valence-electron chi connectivity index (χ4n) is 0.686. The lowest BCUT2D eigenvalue weighted by molar-refractivity contribution is -0.175. The summed E-state index contributed by atoms with van der Waals surface area (Å²) in [7, 11) is 0. The smallest absolute Gasteiger partial charge is 0.391 e. The number of aliphatic hydroxyl groups excluding tert-OH is 1. The predicted molar refractivity (Wildman–Crippen MR) is 46.2 cm³/mol. The van der Waals surface area contributed by atoms with Crippen LogP contribution in [0, 0.1) is 0 Å². The van der Waals surface area contributed by atoms with Gasteiger partial charge < -0.3 is 15.2 Å². The molecule has 1 atom stereocenters. The molecule has 0 aromatic heterocycles. The molecule has 7 heteroatoms. The summed E-state index contributed by atoms with van der Waals surface area (Å²) < 4.78 is 38.8. The van der Waals surface area contributed by atoms with Gasteiger partial charge in [-0.05, 0) is 6.42 Å². The monoisotopic (exact) mass is 229 g/mol. The molecule has 1 amide bonds. The molecule has 0 rings (SSSR count). The quantitative estimate of drug-likeness (QED) is 0.695. The Labute approximate surface area is 85.4 Å². The third-order valence-corrected chi connectivity index (χ3v) is 1.50. The van der Waals surface area contributed by atoms with Crippen LogP contribution in [0.2, 0.25) is 0 Å². The predicted octanol–water partition coefficient (Wildman–Crippen LogP) is 0.452. The highest BCUT2D eigenvalue weighted by Gasteiger charge is 2.27. The molecule has 90 valence electrons. The Morgan fingerprint density at radius 2 is 2.13 bits per heavy atom. The average Bonchev–Trinajstić information content (AvgIpc) is 2.12. The number of rotatable bonds is 6. The summed E-state index contributed by atoms with van der Waals surface area (Å²) in [5, 5.41) is 11.3. The van der Waals surface area contributed by atoms with Gasteiger partial charge in [0.25, 0.3) is 0 Å². The van der Waals surface area contributed by atoms with Crippen LogP contribution >= 0.6 is 0 Å². The van der Waals surface area contributed by atoms with Crippen molar-refractivity contribution in [3.8, 4) is 0 Å². The van der Waals surface area contributed by atoms with Gasteiger partial charge in [0.2, 0.25) is 5.91 Å². The van der Waals surface area contributed by atoms with Gasteiger partial charge in [0.1, 0.15) is 13.2 Å². The highest BCUT2D eigenvalue weighted by molar-refractivity contribution is 5.77. The van der Waals surface area contributed by atoms with E-state index in [1.165, 1.54) is 0 Å². The Balaban J connectivity index is 3.50. The van der Waals surface area contributed by atoms with Gasteiger partial charge in [0.15, 0.2) is 0 Å². The van der Waals surface area contributed by atoms with Crippen LogP contribution in [0.4, 0.5) is 13.2 Å². The Morgan fingerprint density at radius 1 is 1.53 bits per heavy atom. The molecule has 0 saturated carbocycles. The first-order chi connectivity index (χ1) is 6.85. The van der Waals surface area contributed by atoms with Crippen LogP contribution in [-0.4, -0.2) is 43.1 Å². The van der Waals surface area contributed by atoms with Crippen molar-refractivity contribution in [1.29, 1.82) is 0 Å². The molecule has 0 spiro atoms. The van der Waals surface area contributed by atoms with Crippen molar-refractivity contribution >= 4 is 5.91 Å². The Hall–Kier alpha value is -0.820. The number of ether oxygens (including phenoxy) is 1. The zero-order chi connectivity index (χ0) is 11.9. The highest BCUT2D eigenvalue weighted by Crippen LogP contribution is 2.13. The molecule has 0 aliphatic heterocycles. The summed E-state index contributed by atoms with van der Waals surface area (Å²) in [5.74, 6) is -0.674. The summed E-state index contributed by atoms with van der Waals surface area (Å²) in [4.78, 5) is 10.8. The third kappa shape index (κ3) is 9.48. The van der Waals surface area contributed by atoms with E-state index >= 15 is 0 Å². The Kier molecular flexibility index (Phi) is 6.26. The van der Waals surface area contributed by atoms with Crippen LogP contribution in [0.15, 0.2) is 0 Å². The second kappa shape index (κ2) is 6.62. The van der Waals surface area contributed by atoms with E-state index < -0.39 is 31.4 Å². The molecule has 0 bridgehead atoms. The number of amides is 1. The van der Waals surface area contributed by atoms with Crippen molar-refractivity contribution in [3.63, 3.8) is 0 Å². The SMILES string of the molecule is CCC(O)CNC(=O)COCC(F)(F)F. The summed E-state index contributed by atoms with van der Waals surface area (Å²) in [5.41, 5.74) is 0. The van der Waals surface area contributed by atoms with E-state index in [1.54, 1.807) is 6.92 Å². The van der Waals surface area contributed by atoms with Gasteiger partial charge in [-0.15, -0.1) is 0 Å². The topological polar surface area (TPSA) is 58.6 Å². The van der Waals surface area contributed by atoms with E-state index in [4.69, 9.17) is 5.11 Å². The molecule has 1 unspecified atom stereocenters. The number of alkyl halides is 3. The summed E-state index contributed by atoms with van der Waals surface area (Å²) in [6.07, 6.45) is -4.65. The molecule has 4 nitrogen and oxygen atoms in total. The Bertz CT molecular complexity index is 196. The normalized spacial score (nSPS) is 13.7. The molecule has 2 N–H and O–H groups in total. The van der Waals surface area contributed by atoms with E-state index in [1.807, 2.05) is 0 Å². The van der Waals surface area contributed by atoms with Gasteiger partial charge >= 0.3 is 6.18 Å². The van der Waals surface area contributed by atoms with Crippen molar-refractivity contribution in [2.45, 2.75) is 25.6 Å². The van der Waals surface area contributed by atoms with Gasteiger partial charge in [0.05, 0.1) is 6.10 Å². The van der Waals surface area contributed by atoms with Gasteiger partial charge in [-0.3, -0.25) is 4.79 Å². The fraction of sp³-hybridized carbons (Fsp3) is 0.875. The number of hydrogen-bond donors (Lipinski definition) is 2. The molecule has 0 aromatic carbocycles. The molecule has 0 aromatic rings. The maximum absolute atomic E-state index is 11.6. The first kappa shape index (κ1) is 14.2. The van der Waals surface area contributed by atoms with E-state index in [2.05, 4.69) is 10.1 Å². The summed E-state index contributed by atoms with van der Waals surface area (Å²) in [6.45, 7) is -0.367. The lowest BCUT2D eigenvalue weighted by Crippen LogP contribution is -2.35. The zero-order valence-corrected chi connectivity index (χ0v) is 8.30. The second-order valence-electron chi connectivity index (χ2n) is 2.97. The van der Waals surface area contributed by atoms with Crippen LogP contribution in [0.25, 0.3) is 0 Å². The Morgan fingerprint density at radius 3 is 2.60 bits per heavy atom. The van der Waals surface area contributed by atoms with E-state index in [0.717, 1.165) is 0 Å². The number of hydrogen-bond acceptors (Lipinski definition) is 3. The van der Waals surface area contributed by atoms with Gasteiger partial charge in [-0.2, -0.15) is 13.2 Å². The standard InChI is InChI=1S/C8H14F3NO3/c1-2-6(13)3-12-7(14)4-15-5-8(9,10)11/h6,13H,2-5H2,1H3,(H,12,14). The van der Waals surface area contributed by atoms with Crippen molar-refractivity contribution in [2.24, 2.45) is 0 Å². The van der Waals surface area contributed by atoms with E-state index in [-0.39, 0.29) is 6.54 Å². The minimum Gasteiger partial charge on any atom is -0.391 e. The number of halogens is 3. The maximum atomic E-state index is 11.6. The van der Waals surface area contributed by atoms with Crippen LogP contribution in [0.1, 0.15) is 13.3 Å². The second-order valence-corrected chi connectivity index (χ2v) is 2.97. The third-order valence-electron chi connectivity index (χ3n) is 1.50. The summed E-state index contributed by atoms with van der Waals surface area (Å²) >= 11 is 0. The highest BCUT2D eigenvalue weighted by atomic mass is 19.4. The van der Waals surface area contributed by atoms with Crippen molar-refractivity contribution < 1.29 is 27.8 Å². The van der Waals surface area contributed by atoms with Crippen molar-refractivity contribution in [3.05, 3.63) is 0 Å². The van der Waals surface area contributed by atoms with E-state index in [0.29, 0.717) is 6.42 Å². The first-order valence-electron chi connectivity index (χ1n) is 4.44. The van der Waals surface area contributed by atoms with Crippen LogP contribution in [0.5, 0.6) is 0 Å². The van der Waals surface area contributed by atoms with Gasteiger partial charge in [-0.25, -0.2) is 0 Å². The minimum absolute atomic E-state index is 0.0186. The number of aliphatic hydroxyl groups is 1. The van der Waals surface area contributed by atoms with Crippen LogP contribution in [0.3, 0.4) is 0 Å². The van der Waals surface area contributed by atoms with Crippen molar-refractivity contribution in [2.75, 3.05) is 19.8 Å². The first-order valence-corrected chi connectivity index (χ1v) is 4.44. The van der Waals surface area contributed by atoms with E-state index in [9.17, 15) is 18.0 Å². The molecular weight excluding hydrogens is 215 g/mol. The van der Waals surface area contributed by atoms with Crippen molar-refractivity contribution in [1.82, 2.24) is 5.32 Å². The largest absolute Gasteiger partial charge is 0.411 e. The van der Waals surface area contributed by atoms with Gasteiger partial charge in [0, 0.05) is 6.54 Å². The molecule has 0 aliphatic rings. The van der Waals surface area contributed by atoms with Crippen LogP contribution < -0.4 is 5.32 Å². The maximum Gasteiger partial charge on any atom is 0.411 e.